The van der Waals surface area contributed by atoms with E-state index in [-0.39, 0.29) is 36.7 Å². The number of hydrogen-bond donors (Lipinski definition) is 3. The van der Waals surface area contributed by atoms with Crippen LogP contribution < -0.4 is 21.5 Å². The van der Waals surface area contributed by atoms with Gasteiger partial charge in [0.05, 0.1) is 17.8 Å². The molecule has 3 aromatic rings. The number of nitrogens with zero attached hydrogens (tertiary/aromatic N) is 3. The highest BCUT2D eigenvalue weighted by molar-refractivity contribution is 6.36. The number of carbonyl (C=O) groups excluding carboxylic acids is 5. The quantitative estimate of drug-likeness (QED) is 0.236. The normalized spacial score (nSPS) is 14.2. The van der Waals surface area contributed by atoms with Crippen LogP contribution in [0.3, 0.4) is 0 Å². The predicted molar refractivity (Wildman–Crippen MR) is 150 cm³/mol. The third kappa shape index (κ3) is 7.47. The highest BCUT2D eigenvalue weighted by Crippen LogP contribution is 2.18. The minimum Gasteiger partial charge on any atom is -0.347 e. The van der Waals surface area contributed by atoms with Crippen molar-refractivity contribution in [2.45, 2.75) is 70.5 Å². The van der Waals surface area contributed by atoms with E-state index >= 15 is 0 Å². The van der Waals surface area contributed by atoms with E-state index in [9.17, 15) is 28.8 Å². The van der Waals surface area contributed by atoms with Crippen LogP contribution in [0.1, 0.15) is 61.0 Å². The summed E-state index contributed by atoms with van der Waals surface area (Å²) in [5.41, 5.74) is 0.340. The van der Waals surface area contributed by atoms with Gasteiger partial charge in [0.15, 0.2) is 5.65 Å². The molecular weight excluding hydrogens is 528 g/mol. The molecule has 3 aromatic heterocycles. The van der Waals surface area contributed by atoms with E-state index in [0.29, 0.717) is 23.0 Å². The average Bonchev–Trinajstić information content (AvgIpc) is 2.97. The topological polar surface area (TPSA) is 169 Å². The first-order chi connectivity index (χ1) is 19.8. The molecule has 0 bridgehead atoms. The Labute approximate surface area is 235 Å². The lowest BCUT2D eigenvalue weighted by Crippen LogP contribution is -2.46. The fraction of sp³-hybridized carbons (Fsp3) is 0.379. The molecule has 1 atom stereocenters. The van der Waals surface area contributed by atoms with E-state index in [0.717, 1.165) is 36.7 Å². The molecule has 0 spiro atoms. The number of rotatable bonds is 11. The van der Waals surface area contributed by atoms with Crippen LogP contribution in [0.5, 0.6) is 0 Å². The van der Waals surface area contributed by atoms with Gasteiger partial charge in [-0.2, -0.15) is 0 Å². The lowest BCUT2D eigenvalue weighted by Gasteiger charge is -2.22. The Morgan fingerprint density at radius 2 is 1.90 bits per heavy atom. The number of aromatic nitrogens is 3. The Morgan fingerprint density at radius 1 is 1.12 bits per heavy atom. The molecule has 214 valence electrons. The zero-order valence-electron chi connectivity index (χ0n) is 22.7. The SMILES string of the molecule is Cc1nc2ncccc2cc1C(=O)NC(CCC(=O)C(=O)NC1CCCCC1)C(=O)Nc1cccn(CC=O)c1=O. The van der Waals surface area contributed by atoms with Crippen LogP contribution in [0.25, 0.3) is 11.0 Å². The lowest BCUT2D eigenvalue weighted by atomic mass is 9.95. The van der Waals surface area contributed by atoms with E-state index < -0.39 is 35.1 Å². The molecule has 1 saturated carbocycles. The van der Waals surface area contributed by atoms with E-state index in [1.165, 1.54) is 18.3 Å². The molecule has 1 unspecified atom stereocenters. The molecule has 3 N–H and O–H groups in total. The first kappa shape index (κ1) is 29.2. The second-order valence-electron chi connectivity index (χ2n) is 10.0. The van der Waals surface area contributed by atoms with Crippen molar-refractivity contribution in [1.29, 1.82) is 0 Å². The molecule has 12 nitrogen and oxygen atoms in total. The van der Waals surface area contributed by atoms with E-state index in [1.807, 2.05) is 0 Å². The Bertz CT molecular complexity index is 1530. The average molecular weight is 561 g/mol. The molecule has 0 saturated heterocycles. The summed E-state index contributed by atoms with van der Waals surface area (Å²) < 4.78 is 1.12. The van der Waals surface area contributed by atoms with Crippen molar-refractivity contribution < 1.29 is 24.0 Å². The number of amides is 3. The highest BCUT2D eigenvalue weighted by atomic mass is 16.2. The number of Topliss-reactive ketones (excluding diaryl/α,β-unsaturated/α-hetero) is 1. The Hall–Kier alpha value is -4.74. The minimum atomic E-state index is -1.27. The number of nitrogens with one attached hydrogen (secondary N) is 3. The molecule has 3 amide bonds. The van der Waals surface area contributed by atoms with Crippen molar-refractivity contribution in [1.82, 2.24) is 25.2 Å². The van der Waals surface area contributed by atoms with Gasteiger partial charge in [0.2, 0.25) is 11.7 Å². The van der Waals surface area contributed by atoms with Gasteiger partial charge in [-0.3, -0.25) is 24.0 Å². The Kier molecular flexibility index (Phi) is 9.67. The molecular formula is C29H32N6O6. The second-order valence-corrected chi connectivity index (χ2v) is 10.0. The number of carbonyl (C=O) groups is 5. The molecule has 41 heavy (non-hydrogen) atoms. The molecule has 1 aliphatic rings. The van der Waals surface area contributed by atoms with Gasteiger partial charge >= 0.3 is 0 Å². The van der Waals surface area contributed by atoms with Crippen LogP contribution in [0.15, 0.2) is 47.5 Å². The Morgan fingerprint density at radius 3 is 2.66 bits per heavy atom. The van der Waals surface area contributed by atoms with Gasteiger partial charge in [0.25, 0.3) is 17.4 Å². The summed E-state index contributed by atoms with van der Waals surface area (Å²) in [4.78, 5) is 83.9. The molecule has 1 fully saturated rings. The van der Waals surface area contributed by atoms with Gasteiger partial charge in [-0.25, -0.2) is 9.97 Å². The second kappa shape index (κ2) is 13.6. The molecule has 12 heteroatoms. The van der Waals surface area contributed by atoms with Crippen LogP contribution in [0, 0.1) is 6.92 Å². The van der Waals surface area contributed by atoms with Gasteiger partial charge in [0.1, 0.15) is 18.0 Å². The smallest absolute Gasteiger partial charge is 0.287 e. The summed E-state index contributed by atoms with van der Waals surface area (Å²) in [6.07, 6.45) is 7.74. The third-order valence-corrected chi connectivity index (χ3v) is 7.05. The maximum Gasteiger partial charge on any atom is 0.287 e. The van der Waals surface area contributed by atoms with E-state index in [4.69, 9.17) is 0 Å². The maximum atomic E-state index is 13.3. The summed E-state index contributed by atoms with van der Waals surface area (Å²) in [6.45, 7) is 1.44. The molecule has 0 aromatic carbocycles. The zero-order chi connectivity index (χ0) is 29.4. The summed E-state index contributed by atoms with van der Waals surface area (Å²) in [6, 6.07) is 6.60. The van der Waals surface area contributed by atoms with Crippen LogP contribution in [0.4, 0.5) is 5.69 Å². The minimum absolute atomic E-state index is 0.0523. The van der Waals surface area contributed by atoms with E-state index in [2.05, 4.69) is 25.9 Å². The third-order valence-electron chi connectivity index (χ3n) is 7.05. The number of pyridine rings is 3. The molecule has 0 radical (unpaired) electrons. The zero-order valence-corrected chi connectivity index (χ0v) is 22.7. The van der Waals surface area contributed by atoms with Gasteiger partial charge < -0.3 is 25.3 Å². The lowest BCUT2D eigenvalue weighted by molar-refractivity contribution is -0.138. The van der Waals surface area contributed by atoms with Crippen molar-refractivity contribution in [3.05, 3.63) is 64.3 Å². The standard InChI is InChI=1S/C29H32N6O6/c1-18-21(17-19-7-5-13-30-25(19)31-18)26(38)33-22(11-12-24(37)28(40)32-20-8-3-2-4-9-20)27(39)34-23-10-6-14-35(15-16-36)29(23)41/h5-7,10,13-14,16-17,20,22H,2-4,8-9,11-12,15H2,1H3,(H,32,40)(H,33,38)(H,34,39). The number of aldehydes is 1. The van der Waals surface area contributed by atoms with Crippen LogP contribution in [-0.2, 0) is 25.7 Å². The van der Waals surface area contributed by atoms with E-state index in [1.54, 1.807) is 31.3 Å². The van der Waals surface area contributed by atoms with Gasteiger partial charge in [-0.05, 0) is 56.5 Å². The number of anilines is 1. The summed E-state index contributed by atoms with van der Waals surface area (Å²) in [7, 11) is 0. The maximum absolute atomic E-state index is 13.3. The van der Waals surface area contributed by atoms with Crippen LogP contribution >= 0.6 is 0 Å². The highest BCUT2D eigenvalue weighted by Gasteiger charge is 2.27. The fourth-order valence-electron chi connectivity index (χ4n) is 4.81. The van der Waals surface area contributed by atoms with Gasteiger partial charge in [-0.1, -0.05) is 19.3 Å². The van der Waals surface area contributed by atoms with Crippen molar-refractivity contribution in [2.75, 3.05) is 5.32 Å². The molecule has 4 rings (SSSR count). The number of hydrogen-bond acceptors (Lipinski definition) is 8. The van der Waals surface area contributed by atoms with Crippen molar-refractivity contribution >= 4 is 46.5 Å². The van der Waals surface area contributed by atoms with Crippen molar-refractivity contribution in [3.8, 4) is 0 Å². The van der Waals surface area contributed by atoms with Crippen LogP contribution in [0.2, 0.25) is 0 Å². The summed E-state index contributed by atoms with van der Waals surface area (Å²) in [5.74, 6) is -2.80. The molecule has 3 heterocycles. The van der Waals surface area contributed by atoms with Gasteiger partial charge in [0, 0.05) is 30.2 Å². The van der Waals surface area contributed by atoms with Crippen molar-refractivity contribution in [2.24, 2.45) is 0 Å². The fourth-order valence-corrected chi connectivity index (χ4v) is 4.81. The number of aryl methyl sites for hydroxylation is 1. The first-order valence-corrected chi connectivity index (χ1v) is 13.6. The predicted octanol–water partition coefficient (Wildman–Crippen LogP) is 1.83. The number of fused-ring (bicyclic) bond motifs is 1. The first-order valence-electron chi connectivity index (χ1n) is 13.6. The molecule has 1 aliphatic carbocycles. The van der Waals surface area contributed by atoms with Crippen LogP contribution in [-0.4, -0.2) is 56.4 Å². The van der Waals surface area contributed by atoms with Gasteiger partial charge in [-0.15, -0.1) is 0 Å². The van der Waals surface area contributed by atoms with Crippen molar-refractivity contribution in [3.63, 3.8) is 0 Å². The largest absolute Gasteiger partial charge is 0.347 e. The monoisotopic (exact) mass is 560 g/mol. The summed E-state index contributed by atoms with van der Waals surface area (Å²) >= 11 is 0. The number of ketones is 1. The summed E-state index contributed by atoms with van der Waals surface area (Å²) in [5, 5.41) is 8.51. The molecule has 0 aliphatic heterocycles. The Balaban J connectivity index is 1.52.